The van der Waals surface area contributed by atoms with Crippen LogP contribution in [-0.4, -0.2) is 107 Å². The summed E-state index contributed by atoms with van der Waals surface area (Å²) in [6.07, 6.45) is 3.63. The second-order valence-electron chi connectivity index (χ2n) is 7.85. The van der Waals surface area contributed by atoms with Crippen LogP contribution in [0.15, 0.2) is 0 Å². The fourth-order valence-electron chi connectivity index (χ4n) is 3.60. The second kappa shape index (κ2) is 13.9. The topological polar surface area (TPSA) is 70.4 Å². The molecule has 1 aliphatic rings. The van der Waals surface area contributed by atoms with Crippen LogP contribution >= 0.6 is 0 Å². The fraction of sp³-hybridized carbons (Fsp3) is 1.00. The Hall–Kier alpha value is -0.240. The minimum absolute atomic E-state index is 0.269. The molecule has 0 spiro atoms. The van der Waals surface area contributed by atoms with E-state index in [1.165, 1.54) is 0 Å². The Labute approximate surface area is 160 Å². The number of β-amino-alcohol motifs (C(OH)–C–C–N with tert-alkyl or cyclic N) is 3. The molecule has 0 bridgehead atoms. The lowest BCUT2D eigenvalue weighted by Crippen LogP contribution is -2.41. The summed E-state index contributed by atoms with van der Waals surface area (Å²) in [5.74, 6) is 0. The average Bonchev–Trinajstić information content (AvgIpc) is 2.68. The van der Waals surface area contributed by atoms with E-state index < -0.39 is 0 Å². The molecule has 0 aliphatic carbocycles. The zero-order chi connectivity index (χ0) is 19.4. The van der Waals surface area contributed by atoms with Crippen LogP contribution in [0, 0.1) is 0 Å². The van der Waals surface area contributed by atoms with Gasteiger partial charge < -0.3 is 15.3 Å². The van der Waals surface area contributed by atoms with Gasteiger partial charge in [0, 0.05) is 58.9 Å². The zero-order valence-corrected chi connectivity index (χ0v) is 17.3. The Morgan fingerprint density at radius 2 is 0.885 bits per heavy atom. The third kappa shape index (κ3) is 10.2. The normalized spacial score (nSPS) is 22.4. The third-order valence-corrected chi connectivity index (χ3v) is 5.32. The summed E-state index contributed by atoms with van der Waals surface area (Å²) in [5.41, 5.74) is 0. The number of aliphatic hydroxyl groups excluding tert-OH is 3. The van der Waals surface area contributed by atoms with Gasteiger partial charge in [-0.05, 0) is 19.3 Å². The van der Waals surface area contributed by atoms with Gasteiger partial charge in [0.05, 0.1) is 18.3 Å². The number of hydrogen-bond donors (Lipinski definition) is 3. The number of aliphatic hydroxyl groups is 3. The van der Waals surface area contributed by atoms with Gasteiger partial charge in [-0.15, -0.1) is 0 Å². The molecular formula is C20H43N3O3. The van der Waals surface area contributed by atoms with Crippen LogP contribution in [0.1, 0.15) is 52.9 Å². The Morgan fingerprint density at radius 1 is 0.577 bits per heavy atom. The first-order valence-electron chi connectivity index (χ1n) is 10.7. The highest BCUT2D eigenvalue weighted by atomic mass is 16.3. The summed E-state index contributed by atoms with van der Waals surface area (Å²) in [6, 6.07) is 0. The molecule has 6 nitrogen and oxygen atoms in total. The first-order chi connectivity index (χ1) is 12.5. The lowest BCUT2D eigenvalue weighted by molar-refractivity contribution is 0.0837. The van der Waals surface area contributed by atoms with E-state index in [2.05, 4.69) is 28.5 Å². The summed E-state index contributed by atoms with van der Waals surface area (Å²) in [7, 11) is 0. The molecule has 3 N–H and O–H groups in total. The van der Waals surface area contributed by atoms with Crippen LogP contribution in [0.5, 0.6) is 0 Å². The molecule has 0 saturated carbocycles. The highest BCUT2D eigenvalue weighted by Gasteiger charge is 2.20. The first kappa shape index (κ1) is 23.8. The lowest BCUT2D eigenvalue weighted by Gasteiger charge is -2.28. The van der Waals surface area contributed by atoms with Crippen molar-refractivity contribution in [2.45, 2.75) is 71.2 Å². The summed E-state index contributed by atoms with van der Waals surface area (Å²) in [4.78, 5) is 7.02. The van der Waals surface area contributed by atoms with E-state index in [4.69, 9.17) is 0 Å². The van der Waals surface area contributed by atoms with Crippen molar-refractivity contribution in [3.8, 4) is 0 Å². The van der Waals surface area contributed by atoms with Crippen molar-refractivity contribution in [3.63, 3.8) is 0 Å². The molecule has 1 aliphatic heterocycles. The molecule has 3 unspecified atom stereocenters. The second-order valence-corrected chi connectivity index (χ2v) is 7.85. The lowest BCUT2D eigenvalue weighted by atomic mass is 10.2. The van der Waals surface area contributed by atoms with Gasteiger partial charge in [0.1, 0.15) is 0 Å². The van der Waals surface area contributed by atoms with Crippen molar-refractivity contribution in [1.82, 2.24) is 14.7 Å². The van der Waals surface area contributed by atoms with E-state index >= 15 is 0 Å². The van der Waals surface area contributed by atoms with E-state index in [9.17, 15) is 15.3 Å². The first-order valence-corrected chi connectivity index (χ1v) is 10.7. The van der Waals surface area contributed by atoms with E-state index in [0.29, 0.717) is 19.6 Å². The molecular weight excluding hydrogens is 330 g/mol. The maximum absolute atomic E-state index is 10.2. The van der Waals surface area contributed by atoms with Gasteiger partial charge in [0.25, 0.3) is 0 Å². The van der Waals surface area contributed by atoms with Crippen LogP contribution in [0.2, 0.25) is 0 Å². The fourth-order valence-corrected chi connectivity index (χ4v) is 3.60. The van der Waals surface area contributed by atoms with Gasteiger partial charge in [-0.2, -0.15) is 0 Å². The van der Waals surface area contributed by atoms with E-state index in [0.717, 1.165) is 71.4 Å². The highest BCUT2D eigenvalue weighted by Crippen LogP contribution is 2.07. The van der Waals surface area contributed by atoms with E-state index in [-0.39, 0.29) is 18.3 Å². The average molecular weight is 374 g/mol. The molecule has 0 aromatic rings. The standard InChI is InChI=1S/C20H43N3O3/c1-4-7-19(25)16-22-11-9-21(15-18(24)6-3)10-12-23(14-13-22)17-20(26)8-5-2/h18-20,24-26H,4-17H2,1-3H3. The van der Waals surface area contributed by atoms with Crippen LogP contribution in [0.3, 0.4) is 0 Å². The minimum Gasteiger partial charge on any atom is -0.392 e. The van der Waals surface area contributed by atoms with Crippen LogP contribution in [0.25, 0.3) is 0 Å². The summed E-state index contributed by atoms with van der Waals surface area (Å²) < 4.78 is 0. The predicted octanol–water partition coefficient (Wildman–Crippen LogP) is 0.999. The molecule has 0 radical (unpaired) electrons. The molecule has 1 heterocycles. The number of rotatable bonds is 11. The van der Waals surface area contributed by atoms with Gasteiger partial charge in [-0.1, -0.05) is 33.6 Å². The molecule has 1 rings (SSSR count). The minimum atomic E-state index is -0.283. The molecule has 26 heavy (non-hydrogen) atoms. The zero-order valence-electron chi connectivity index (χ0n) is 17.3. The predicted molar refractivity (Wildman–Crippen MR) is 107 cm³/mol. The van der Waals surface area contributed by atoms with Gasteiger partial charge in [0.2, 0.25) is 0 Å². The molecule has 0 amide bonds. The Bertz CT molecular complexity index is 320. The Balaban J connectivity index is 2.67. The summed E-state index contributed by atoms with van der Waals surface area (Å²) >= 11 is 0. The molecule has 1 fully saturated rings. The van der Waals surface area contributed by atoms with Crippen molar-refractivity contribution in [2.75, 3.05) is 58.9 Å². The smallest absolute Gasteiger partial charge is 0.0667 e. The number of nitrogens with zero attached hydrogens (tertiary/aromatic N) is 3. The highest BCUT2D eigenvalue weighted by molar-refractivity contribution is 4.76. The molecule has 6 heteroatoms. The summed E-state index contributed by atoms with van der Waals surface area (Å²) in [5, 5.41) is 30.5. The van der Waals surface area contributed by atoms with Crippen LogP contribution in [0.4, 0.5) is 0 Å². The Morgan fingerprint density at radius 3 is 1.15 bits per heavy atom. The number of hydrogen-bond acceptors (Lipinski definition) is 6. The monoisotopic (exact) mass is 373 g/mol. The largest absolute Gasteiger partial charge is 0.392 e. The van der Waals surface area contributed by atoms with Crippen LogP contribution in [-0.2, 0) is 0 Å². The molecule has 0 aromatic heterocycles. The van der Waals surface area contributed by atoms with Crippen molar-refractivity contribution in [1.29, 1.82) is 0 Å². The van der Waals surface area contributed by atoms with Crippen molar-refractivity contribution >= 4 is 0 Å². The quantitative estimate of drug-likeness (QED) is 0.502. The third-order valence-electron chi connectivity index (χ3n) is 5.32. The summed E-state index contributed by atoms with van der Waals surface area (Å²) in [6.45, 7) is 13.9. The maximum atomic E-state index is 10.2. The van der Waals surface area contributed by atoms with Crippen LogP contribution < -0.4 is 0 Å². The van der Waals surface area contributed by atoms with E-state index in [1.54, 1.807) is 0 Å². The molecule has 0 aromatic carbocycles. The molecule has 3 atom stereocenters. The van der Waals surface area contributed by atoms with E-state index in [1.807, 2.05) is 6.92 Å². The van der Waals surface area contributed by atoms with Gasteiger partial charge >= 0.3 is 0 Å². The van der Waals surface area contributed by atoms with Gasteiger partial charge in [0.15, 0.2) is 0 Å². The van der Waals surface area contributed by atoms with Crippen molar-refractivity contribution < 1.29 is 15.3 Å². The molecule has 156 valence electrons. The Kier molecular flexibility index (Phi) is 12.7. The van der Waals surface area contributed by atoms with Crippen molar-refractivity contribution in [3.05, 3.63) is 0 Å². The van der Waals surface area contributed by atoms with Gasteiger partial charge in [-0.3, -0.25) is 14.7 Å². The van der Waals surface area contributed by atoms with Crippen molar-refractivity contribution in [2.24, 2.45) is 0 Å². The van der Waals surface area contributed by atoms with Gasteiger partial charge in [-0.25, -0.2) is 0 Å². The molecule has 1 saturated heterocycles. The maximum Gasteiger partial charge on any atom is 0.0667 e. The SMILES string of the molecule is CCCC(O)CN1CCN(CC(O)CC)CCN(CC(O)CCC)CC1.